The molecule has 2 aromatic heterocycles. The molecule has 0 atom stereocenters. The van der Waals surface area contributed by atoms with Crippen LogP contribution in [0.1, 0.15) is 25.0 Å². The van der Waals surface area contributed by atoms with Crippen LogP contribution >= 0.6 is 11.8 Å². The van der Waals surface area contributed by atoms with E-state index in [1.165, 1.54) is 103 Å². The lowest BCUT2D eigenvalue weighted by Crippen LogP contribution is -2.59. The van der Waals surface area contributed by atoms with Crippen molar-refractivity contribution in [3.63, 3.8) is 0 Å². The number of rotatable bonds is 1. The molecule has 12 rings (SSSR count). The van der Waals surface area contributed by atoms with Crippen LogP contribution in [0.15, 0.2) is 149 Å². The van der Waals surface area contributed by atoms with Crippen molar-refractivity contribution >= 4 is 78.5 Å². The van der Waals surface area contributed by atoms with Crippen LogP contribution in [0.2, 0.25) is 0 Å². The van der Waals surface area contributed by atoms with Crippen LogP contribution in [0.25, 0.3) is 66.1 Å². The minimum atomic E-state index is -0.0957. The Hall–Kier alpha value is -5.45. The van der Waals surface area contributed by atoms with Gasteiger partial charge in [0, 0.05) is 48.1 Å². The normalized spacial score (nSPS) is 14.8. The second-order valence-corrected chi connectivity index (χ2v) is 15.5. The lowest BCUT2D eigenvalue weighted by atomic mass is 9.35. The third kappa shape index (κ3) is 3.09. The Kier molecular flexibility index (Phi) is 4.85. The van der Waals surface area contributed by atoms with Crippen molar-refractivity contribution in [2.75, 3.05) is 0 Å². The Bertz CT molecular complexity index is 2950. The Morgan fingerprint density at radius 2 is 1.27 bits per heavy atom. The fourth-order valence-electron chi connectivity index (χ4n) is 9.81. The van der Waals surface area contributed by atoms with E-state index >= 15 is 0 Å². The molecular weight excluding hydrogens is 611 g/mol. The molecule has 0 saturated heterocycles. The summed E-state index contributed by atoms with van der Waals surface area (Å²) in [6.45, 7) is 4.99. The summed E-state index contributed by atoms with van der Waals surface area (Å²) in [4.78, 5) is 2.82. The Labute approximate surface area is 288 Å². The fraction of sp³-hybridized carbons (Fsp3) is 0.0667. The third-order valence-electron chi connectivity index (χ3n) is 11.7. The van der Waals surface area contributed by atoms with Gasteiger partial charge in [-0.05, 0) is 69.6 Å². The van der Waals surface area contributed by atoms with Gasteiger partial charge in [0.15, 0.2) is 0 Å². The van der Waals surface area contributed by atoms with Gasteiger partial charge in [0.25, 0.3) is 0 Å². The third-order valence-corrected chi connectivity index (χ3v) is 12.9. The molecule has 7 aromatic carbocycles. The highest BCUT2D eigenvalue weighted by atomic mass is 32.2. The maximum absolute atomic E-state index is 2.63. The zero-order valence-corrected chi connectivity index (χ0v) is 28.0. The topological polar surface area (TPSA) is 9.86 Å². The Morgan fingerprint density at radius 3 is 2.12 bits per heavy atom. The molecule has 0 unspecified atom stereocenters. The quantitative estimate of drug-likeness (QED) is 0.163. The summed E-state index contributed by atoms with van der Waals surface area (Å²) in [6, 6.07) is 52.4. The molecule has 9 aromatic rings. The molecule has 0 N–H and O–H groups in total. The van der Waals surface area contributed by atoms with E-state index in [9.17, 15) is 0 Å². The molecule has 0 bridgehead atoms. The minimum Gasteiger partial charge on any atom is -0.310 e. The molecule has 4 heterocycles. The van der Waals surface area contributed by atoms with E-state index in [4.69, 9.17) is 0 Å². The van der Waals surface area contributed by atoms with Gasteiger partial charge in [-0.3, -0.25) is 0 Å². The number of hydrogen-bond donors (Lipinski definition) is 0. The molecule has 0 radical (unpaired) electrons. The Balaban J connectivity index is 1.35. The number of fused-ring (bicyclic) bond motifs is 15. The van der Waals surface area contributed by atoms with Gasteiger partial charge in [-0.25, -0.2) is 0 Å². The summed E-state index contributed by atoms with van der Waals surface area (Å²) >= 11 is 1.99. The number of para-hydroxylation sites is 3. The van der Waals surface area contributed by atoms with Crippen molar-refractivity contribution in [1.82, 2.24) is 9.13 Å². The molecule has 49 heavy (non-hydrogen) atoms. The standard InChI is InChI=1S/C45H29BN2S/c1-45(2)32-19-9-6-16-27(32)30-25-37-41-44(40(30)45)49-38-23-13-10-20-33(38)46(41)34-24-31-28-17-7-11-21-35(28)47(26-14-4-3-5-15-26)42(31)39-29-18-8-12-22-36(29)48(37)43(34)39/h3-25H,1-2H3. The molecule has 0 saturated carbocycles. The number of hydrogen-bond acceptors (Lipinski definition) is 1. The zero-order chi connectivity index (χ0) is 32.2. The van der Waals surface area contributed by atoms with Gasteiger partial charge in [-0.15, -0.1) is 0 Å². The van der Waals surface area contributed by atoms with Gasteiger partial charge < -0.3 is 9.13 Å². The van der Waals surface area contributed by atoms with E-state index in [2.05, 4.69) is 163 Å². The fourth-order valence-corrected chi connectivity index (χ4v) is 11.3. The summed E-state index contributed by atoms with van der Waals surface area (Å²) in [5.41, 5.74) is 17.5. The van der Waals surface area contributed by atoms with Crippen LogP contribution in [0.5, 0.6) is 0 Å². The largest absolute Gasteiger partial charge is 0.310 e. The van der Waals surface area contributed by atoms with Crippen molar-refractivity contribution in [3.8, 4) is 22.5 Å². The van der Waals surface area contributed by atoms with Crippen molar-refractivity contribution in [3.05, 3.63) is 151 Å². The summed E-state index contributed by atoms with van der Waals surface area (Å²) in [5.74, 6) is 0. The SMILES string of the molecule is CC1(C)c2ccccc2-c2cc3c4c(c21)Sc1ccccc1B4c1cc2c4ccccc4n(-c4ccccc4)c2c2c4ccccc4n-3c12. The summed E-state index contributed by atoms with van der Waals surface area (Å²) in [5, 5.41) is 5.26. The van der Waals surface area contributed by atoms with Gasteiger partial charge in [-0.1, -0.05) is 134 Å². The minimum absolute atomic E-state index is 0.0957. The highest BCUT2D eigenvalue weighted by molar-refractivity contribution is 8.00. The predicted molar refractivity (Wildman–Crippen MR) is 208 cm³/mol. The second-order valence-electron chi connectivity index (χ2n) is 14.4. The highest BCUT2D eigenvalue weighted by Gasteiger charge is 2.46. The molecule has 2 aliphatic heterocycles. The van der Waals surface area contributed by atoms with E-state index in [0.717, 1.165) is 0 Å². The van der Waals surface area contributed by atoms with Crippen LogP contribution in [0.4, 0.5) is 0 Å². The predicted octanol–water partition coefficient (Wildman–Crippen LogP) is 9.48. The first-order chi connectivity index (χ1) is 24.1. The van der Waals surface area contributed by atoms with Gasteiger partial charge in [0.05, 0.1) is 22.1 Å². The second kappa shape index (κ2) is 8.96. The smallest absolute Gasteiger partial charge is 0.249 e. The molecular formula is C45H29BN2S. The van der Waals surface area contributed by atoms with Gasteiger partial charge in [-0.2, -0.15) is 0 Å². The van der Waals surface area contributed by atoms with Crippen LogP contribution in [-0.4, -0.2) is 15.8 Å². The zero-order valence-electron chi connectivity index (χ0n) is 27.2. The Morgan fingerprint density at radius 1 is 0.571 bits per heavy atom. The average molecular weight is 641 g/mol. The van der Waals surface area contributed by atoms with Gasteiger partial charge in [0.1, 0.15) is 0 Å². The number of nitrogens with zero attached hydrogens (tertiary/aromatic N) is 2. The first-order valence-electron chi connectivity index (χ1n) is 17.2. The lowest BCUT2D eigenvalue weighted by Gasteiger charge is -2.36. The highest BCUT2D eigenvalue weighted by Crippen LogP contribution is 2.55. The monoisotopic (exact) mass is 640 g/mol. The maximum atomic E-state index is 2.63. The molecule has 0 fully saturated rings. The molecule has 3 aliphatic rings. The van der Waals surface area contributed by atoms with Crippen LogP contribution < -0.4 is 16.4 Å². The van der Waals surface area contributed by atoms with Gasteiger partial charge >= 0.3 is 0 Å². The first kappa shape index (κ1) is 26.5. The van der Waals surface area contributed by atoms with Crippen LogP contribution in [0, 0.1) is 0 Å². The molecule has 0 amide bonds. The van der Waals surface area contributed by atoms with E-state index in [1.54, 1.807) is 0 Å². The van der Waals surface area contributed by atoms with Crippen molar-refractivity contribution in [1.29, 1.82) is 0 Å². The van der Waals surface area contributed by atoms with Crippen molar-refractivity contribution in [2.24, 2.45) is 0 Å². The molecule has 1 aliphatic carbocycles. The summed E-state index contributed by atoms with van der Waals surface area (Å²) in [6.07, 6.45) is 0. The van der Waals surface area contributed by atoms with Gasteiger partial charge in [0.2, 0.25) is 6.71 Å². The van der Waals surface area contributed by atoms with E-state index in [-0.39, 0.29) is 12.1 Å². The van der Waals surface area contributed by atoms with Crippen LogP contribution in [0.3, 0.4) is 0 Å². The van der Waals surface area contributed by atoms with Crippen molar-refractivity contribution in [2.45, 2.75) is 29.1 Å². The maximum Gasteiger partial charge on any atom is 0.249 e. The van der Waals surface area contributed by atoms with E-state index in [1.807, 2.05) is 11.8 Å². The molecule has 4 heteroatoms. The first-order valence-corrected chi connectivity index (χ1v) is 18.1. The van der Waals surface area contributed by atoms with Crippen molar-refractivity contribution < 1.29 is 0 Å². The summed E-state index contributed by atoms with van der Waals surface area (Å²) in [7, 11) is 0. The number of aromatic nitrogens is 2. The van der Waals surface area contributed by atoms with Crippen LogP contribution in [-0.2, 0) is 5.41 Å². The molecule has 228 valence electrons. The lowest BCUT2D eigenvalue weighted by molar-refractivity contribution is 0.648. The molecule has 0 spiro atoms. The van der Waals surface area contributed by atoms with E-state index in [0.29, 0.717) is 0 Å². The molecule has 2 nitrogen and oxygen atoms in total. The average Bonchev–Trinajstić information content (AvgIpc) is 3.74. The summed E-state index contributed by atoms with van der Waals surface area (Å²) < 4.78 is 5.14. The van der Waals surface area contributed by atoms with E-state index < -0.39 is 0 Å². The number of benzene rings is 7.